The SMILES string of the molecule is COc1ccc(-c2[nH]ncc2CN(C)CC2CCCC2O)cc1. The van der Waals surface area contributed by atoms with E-state index in [-0.39, 0.29) is 6.10 Å². The maximum atomic E-state index is 9.99. The van der Waals surface area contributed by atoms with E-state index in [0.29, 0.717) is 5.92 Å². The number of methoxy groups -OCH3 is 1. The van der Waals surface area contributed by atoms with E-state index < -0.39 is 0 Å². The molecule has 1 heterocycles. The number of benzene rings is 1. The highest BCUT2D eigenvalue weighted by Gasteiger charge is 2.26. The summed E-state index contributed by atoms with van der Waals surface area (Å²) in [7, 11) is 3.78. The van der Waals surface area contributed by atoms with Gasteiger partial charge in [-0.25, -0.2) is 0 Å². The Bertz CT molecular complexity index is 623. The molecule has 5 nitrogen and oxygen atoms in total. The Morgan fingerprint density at radius 1 is 1.30 bits per heavy atom. The lowest BCUT2D eigenvalue weighted by Crippen LogP contribution is -2.29. The van der Waals surface area contributed by atoms with Crippen LogP contribution in [-0.4, -0.2) is 47.0 Å². The first kappa shape index (κ1) is 16.0. The molecule has 1 aliphatic rings. The van der Waals surface area contributed by atoms with Crippen molar-refractivity contribution in [2.75, 3.05) is 20.7 Å². The van der Waals surface area contributed by atoms with Crippen LogP contribution in [0.3, 0.4) is 0 Å². The normalized spacial score (nSPS) is 21.0. The average molecular weight is 315 g/mol. The first-order valence-electron chi connectivity index (χ1n) is 8.20. The van der Waals surface area contributed by atoms with Crippen LogP contribution in [0.25, 0.3) is 11.3 Å². The van der Waals surface area contributed by atoms with Crippen LogP contribution in [0.4, 0.5) is 0 Å². The van der Waals surface area contributed by atoms with E-state index in [0.717, 1.165) is 49.4 Å². The van der Waals surface area contributed by atoms with Crippen molar-refractivity contribution in [2.24, 2.45) is 5.92 Å². The van der Waals surface area contributed by atoms with Gasteiger partial charge in [-0.3, -0.25) is 5.10 Å². The minimum absolute atomic E-state index is 0.136. The van der Waals surface area contributed by atoms with E-state index in [4.69, 9.17) is 4.74 Å². The van der Waals surface area contributed by atoms with E-state index in [9.17, 15) is 5.11 Å². The van der Waals surface area contributed by atoms with Gasteiger partial charge in [0, 0.05) is 24.2 Å². The fourth-order valence-electron chi connectivity index (χ4n) is 3.42. The Morgan fingerprint density at radius 3 is 2.74 bits per heavy atom. The van der Waals surface area contributed by atoms with Gasteiger partial charge in [0.2, 0.25) is 0 Å². The molecule has 0 saturated heterocycles. The van der Waals surface area contributed by atoms with Crippen LogP contribution in [0.5, 0.6) is 5.75 Å². The third-order valence-corrected chi connectivity index (χ3v) is 4.70. The molecular formula is C18H25N3O2. The topological polar surface area (TPSA) is 61.4 Å². The average Bonchev–Trinajstić information content (AvgIpc) is 3.17. The second-order valence-corrected chi connectivity index (χ2v) is 6.45. The van der Waals surface area contributed by atoms with Crippen molar-refractivity contribution in [3.8, 4) is 17.0 Å². The number of nitrogens with zero attached hydrogens (tertiary/aromatic N) is 2. The molecule has 0 aliphatic heterocycles. The molecule has 0 radical (unpaired) electrons. The minimum Gasteiger partial charge on any atom is -0.497 e. The standard InChI is InChI=1S/C18H25N3O2/c1-21(11-14-4-3-5-17(14)22)12-15-10-19-20-18(15)13-6-8-16(23-2)9-7-13/h6-10,14,17,22H,3-5,11-12H2,1-2H3,(H,19,20). The highest BCUT2D eigenvalue weighted by molar-refractivity contribution is 5.63. The molecule has 1 saturated carbocycles. The molecule has 2 N–H and O–H groups in total. The Labute approximate surface area is 137 Å². The summed E-state index contributed by atoms with van der Waals surface area (Å²) in [6.45, 7) is 1.75. The number of aromatic nitrogens is 2. The number of hydrogen-bond donors (Lipinski definition) is 2. The minimum atomic E-state index is -0.136. The zero-order chi connectivity index (χ0) is 16.2. The quantitative estimate of drug-likeness (QED) is 0.860. The Morgan fingerprint density at radius 2 is 2.09 bits per heavy atom. The number of H-pyrrole nitrogens is 1. The molecule has 0 amide bonds. The van der Waals surface area contributed by atoms with Gasteiger partial charge in [-0.15, -0.1) is 0 Å². The first-order chi connectivity index (χ1) is 11.2. The molecule has 5 heteroatoms. The molecular weight excluding hydrogens is 290 g/mol. The lowest BCUT2D eigenvalue weighted by molar-refractivity contribution is 0.108. The molecule has 124 valence electrons. The second kappa shape index (κ2) is 7.15. The molecule has 1 aliphatic carbocycles. The largest absolute Gasteiger partial charge is 0.497 e. The molecule has 0 spiro atoms. The summed E-state index contributed by atoms with van der Waals surface area (Å²) in [5.41, 5.74) is 3.32. The number of hydrogen-bond acceptors (Lipinski definition) is 4. The van der Waals surface area contributed by atoms with Crippen LogP contribution in [0, 0.1) is 5.92 Å². The van der Waals surface area contributed by atoms with Gasteiger partial charge in [0.05, 0.1) is 25.1 Å². The van der Waals surface area contributed by atoms with Crippen LogP contribution in [0.1, 0.15) is 24.8 Å². The van der Waals surface area contributed by atoms with Crippen molar-refractivity contribution >= 4 is 0 Å². The lowest BCUT2D eigenvalue weighted by Gasteiger charge is -2.23. The second-order valence-electron chi connectivity index (χ2n) is 6.45. The number of nitrogens with one attached hydrogen (secondary N) is 1. The number of ether oxygens (including phenoxy) is 1. The Balaban J connectivity index is 1.67. The summed E-state index contributed by atoms with van der Waals surface area (Å²) in [5, 5.41) is 17.3. The van der Waals surface area contributed by atoms with Crippen molar-refractivity contribution in [3.63, 3.8) is 0 Å². The van der Waals surface area contributed by atoms with Crippen molar-refractivity contribution in [3.05, 3.63) is 36.0 Å². The van der Waals surface area contributed by atoms with Crippen molar-refractivity contribution in [1.29, 1.82) is 0 Å². The zero-order valence-electron chi connectivity index (χ0n) is 13.8. The summed E-state index contributed by atoms with van der Waals surface area (Å²) >= 11 is 0. The number of aliphatic hydroxyl groups is 1. The predicted molar refractivity (Wildman–Crippen MR) is 90.3 cm³/mol. The lowest BCUT2D eigenvalue weighted by atomic mass is 10.0. The molecule has 0 bridgehead atoms. The first-order valence-corrected chi connectivity index (χ1v) is 8.20. The Hall–Kier alpha value is -1.85. The van der Waals surface area contributed by atoms with Crippen LogP contribution in [0.2, 0.25) is 0 Å². The number of aliphatic hydroxyl groups excluding tert-OH is 1. The third-order valence-electron chi connectivity index (χ3n) is 4.70. The summed E-state index contributed by atoms with van der Waals surface area (Å²) < 4.78 is 5.21. The van der Waals surface area contributed by atoms with Crippen LogP contribution in [0.15, 0.2) is 30.5 Å². The highest BCUT2D eigenvalue weighted by Crippen LogP contribution is 2.28. The molecule has 1 fully saturated rings. The molecule has 2 atom stereocenters. The summed E-state index contributed by atoms with van der Waals surface area (Å²) in [5.74, 6) is 1.25. The number of aromatic amines is 1. The van der Waals surface area contributed by atoms with Gasteiger partial charge in [-0.2, -0.15) is 5.10 Å². The van der Waals surface area contributed by atoms with Gasteiger partial charge in [0.1, 0.15) is 5.75 Å². The van der Waals surface area contributed by atoms with Gasteiger partial charge in [0.25, 0.3) is 0 Å². The van der Waals surface area contributed by atoms with Crippen LogP contribution < -0.4 is 4.74 Å². The fourth-order valence-corrected chi connectivity index (χ4v) is 3.42. The van der Waals surface area contributed by atoms with E-state index in [2.05, 4.69) is 22.1 Å². The van der Waals surface area contributed by atoms with Gasteiger partial charge < -0.3 is 14.7 Å². The molecule has 2 aromatic rings. The molecule has 1 aromatic heterocycles. The summed E-state index contributed by atoms with van der Waals surface area (Å²) in [6.07, 6.45) is 4.97. The van der Waals surface area contributed by atoms with Gasteiger partial charge >= 0.3 is 0 Å². The summed E-state index contributed by atoms with van der Waals surface area (Å²) in [4.78, 5) is 2.27. The van der Waals surface area contributed by atoms with E-state index >= 15 is 0 Å². The molecule has 2 unspecified atom stereocenters. The van der Waals surface area contributed by atoms with Gasteiger partial charge in [0.15, 0.2) is 0 Å². The fraction of sp³-hybridized carbons (Fsp3) is 0.500. The molecule has 1 aromatic carbocycles. The zero-order valence-corrected chi connectivity index (χ0v) is 13.8. The highest BCUT2D eigenvalue weighted by atomic mass is 16.5. The van der Waals surface area contributed by atoms with Gasteiger partial charge in [-0.1, -0.05) is 6.42 Å². The monoisotopic (exact) mass is 315 g/mol. The van der Waals surface area contributed by atoms with E-state index in [1.54, 1.807) is 7.11 Å². The van der Waals surface area contributed by atoms with Gasteiger partial charge in [-0.05, 0) is 50.1 Å². The Kier molecular flexibility index (Phi) is 4.98. The van der Waals surface area contributed by atoms with Crippen molar-refractivity contribution in [2.45, 2.75) is 31.9 Å². The number of rotatable bonds is 6. The predicted octanol–water partition coefficient (Wildman–Crippen LogP) is 2.68. The molecule has 23 heavy (non-hydrogen) atoms. The van der Waals surface area contributed by atoms with Crippen LogP contribution >= 0.6 is 0 Å². The smallest absolute Gasteiger partial charge is 0.118 e. The van der Waals surface area contributed by atoms with Crippen LogP contribution in [-0.2, 0) is 6.54 Å². The molecule has 3 rings (SSSR count). The van der Waals surface area contributed by atoms with E-state index in [1.807, 2.05) is 30.5 Å². The maximum Gasteiger partial charge on any atom is 0.118 e. The maximum absolute atomic E-state index is 9.99. The van der Waals surface area contributed by atoms with Crippen molar-refractivity contribution < 1.29 is 9.84 Å². The van der Waals surface area contributed by atoms with E-state index in [1.165, 1.54) is 5.56 Å². The summed E-state index contributed by atoms with van der Waals surface area (Å²) in [6, 6.07) is 7.99. The third kappa shape index (κ3) is 3.74. The van der Waals surface area contributed by atoms with Crippen molar-refractivity contribution in [1.82, 2.24) is 15.1 Å².